The van der Waals surface area contributed by atoms with Crippen LogP contribution in [0, 0.1) is 24.0 Å². The summed E-state index contributed by atoms with van der Waals surface area (Å²) < 4.78 is 7.37. The van der Waals surface area contributed by atoms with Crippen LogP contribution in [0.25, 0.3) is 5.13 Å². The monoisotopic (exact) mass is 391 g/mol. The molecule has 0 bridgehead atoms. The smallest absolute Gasteiger partial charge is 0.271 e. The van der Waals surface area contributed by atoms with Gasteiger partial charge in [-0.3, -0.25) is 19.5 Å². The molecule has 0 radical (unpaired) electrons. The molecule has 0 aliphatic rings. The fourth-order valence-electron chi connectivity index (χ4n) is 2.61. The average Bonchev–Trinajstić information content (AvgIpc) is 3.21. The van der Waals surface area contributed by atoms with E-state index in [0.29, 0.717) is 5.56 Å². The lowest BCUT2D eigenvalue weighted by atomic mass is 10.1. The van der Waals surface area contributed by atoms with Gasteiger partial charge in [-0.15, -0.1) is 11.3 Å². The predicted molar refractivity (Wildman–Crippen MR) is 98.8 cm³/mol. The Labute approximate surface area is 158 Å². The van der Waals surface area contributed by atoms with Crippen LogP contribution < -0.4 is 4.74 Å². The van der Waals surface area contributed by atoms with Gasteiger partial charge in [0.05, 0.1) is 9.95 Å². The second-order valence-electron chi connectivity index (χ2n) is 5.52. The summed E-state index contributed by atoms with van der Waals surface area (Å²) in [4.78, 5) is 27.0. The second-order valence-corrected chi connectivity index (χ2v) is 6.80. The maximum Gasteiger partial charge on any atom is 0.271 e. The van der Waals surface area contributed by atoms with Gasteiger partial charge in [-0.05, 0) is 26.0 Å². The van der Waals surface area contributed by atoms with E-state index in [9.17, 15) is 14.9 Å². The quantitative estimate of drug-likeness (QED) is 0.353. The molecule has 9 heteroatoms. The van der Waals surface area contributed by atoms with Crippen molar-refractivity contribution in [3.05, 3.63) is 67.9 Å². The molecule has 0 saturated heterocycles. The van der Waals surface area contributed by atoms with Crippen LogP contribution in [0.4, 0.5) is 5.69 Å². The third-order valence-electron chi connectivity index (χ3n) is 3.83. The second kappa shape index (κ2) is 7.27. The molecule has 1 aromatic carbocycles. The number of ether oxygens (including phenoxy) is 1. The molecule has 0 saturated carbocycles. The number of non-ortho nitro benzene ring substituents is 1. The summed E-state index contributed by atoms with van der Waals surface area (Å²) in [5.41, 5.74) is 2.08. The first-order valence-corrected chi connectivity index (χ1v) is 8.83. The molecule has 3 aromatic rings. The average molecular weight is 392 g/mol. The Bertz CT molecular complexity index is 982. The molecular formula is C17H14ClN3O4S. The molecule has 26 heavy (non-hydrogen) atoms. The summed E-state index contributed by atoms with van der Waals surface area (Å²) in [7, 11) is 0. The number of carbonyl (C=O) groups excluding carboxylic acids is 1. The van der Waals surface area contributed by atoms with Gasteiger partial charge in [0.2, 0.25) is 5.78 Å². The lowest BCUT2D eigenvalue weighted by Gasteiger charge is -2.08. The van der Waals surface area contributed by atoms with Gasteiger partial charge < -0.3 is 4.74 Å². The Balaban J connectivity index is 1.77. The number of aryl methyl sites for hydroxylation is 1. The molecule has 0 aliphatic carbocycles. The van der Waals surface area contributed by atoms with Crippen molar-refractivity contribution in [2.45, 2.75) is 13.8 Å². The maximum absolute atomic E-state index is 12.6. The van der Waals surface area contributed by atoms with E-state index < -0.39 is 4.92 Å². The number of nitro groups is 1. The van der Waals surface area contributed by atoms with Crippen molar-refractivity contribution < 1.29 is 14.5 Å². The van der Waals surface area contributed by atoms with Gasteiger partial charge in [0.25, 0.3) is 5.69 Å². The molecular weight excluding hydrogens is 378 g/mol. The van der Waals surface area contributed by atoms with Gasteiger partial charge >= 0.3 is 0 Å². The van der Waals surface area contributed by atoms with Crippen molar-refractivity contribution in [2.75, 3.05) is 6.61 Å². The minimum atomic E-state index is -0.547. The number of nitro benzene ring substituents is 1. The number of thiazole rings is 1. The molecule has 0 aliphatic heterocycles. The number of aromatic nitrogens is 2. The molecule has 2 heterocycles. The van der Waals surface area contributed by atoms with E-state index in [1.165, 1.54) is 29.5 Å². The van der Waals surface area contributed by atoms with E-state index in [4.69, 9.17) is 16.3 Å². The highest BCUT2D eigenvalue weighted by Crippen LogP contribution is 2.29. The summed E-state index contributed by atoms with van der Waals surface area (Å²) in [6.07, 6.45) is 1.71. The highest BCUT2D eigenvalue weighted by Gasteiger charge is 2.19. The lowest BCUT2D eigenvalue weighted by Crippen LogP contribution is -2.13. The fraction of sp³-hybridized carbons (Fsp3) is 0.176. The number of benzene rings is 1. The van der Waals surface area contributed by atoms with Crippen molar-refractivity contribution in [3.63, 3.8) is 0 Å². The van der Waals surface area contributed by atoms with Crippen LogP contribution in [-0.4, -0.2) is 26.9 Å². The van der Waals surface area contributed by atoms with Crippen molar-refractivity contribution in [1.29, 1.82) is 0 Å². The fourth-order valence-corrected chi connectivity index (χ4v) is 3.59. The standard InChI is InChI=1S/C17H14ClN3O4S/c1-10-7-13(11(2)20(10)17-19-5-6-26-17)15(22)9-25-16-4-3-12(21(23)24)8-14(16)18/h3-8H,9H2,1-2H3. The minimum absolute atomic E-state index is 0.0836. The zero-order valence-electron chi connectivity index (χ0n) is 13.9. The van der Waals surface area contributed by atoms with Crippen LogP contribution in [-0.2, 0) is 0 Å². The minimum Gasteiger partial charge on any atom is -0.484 e. The van der Waals surface area contributed by atoms with Crippen LogP contribution in [0.5, 0.6) is 5.75 Å². The van der Waals surface area contributed by atoms with Gasteiger partial charge in [-0.1, -0.05) is 11.6 Å². The molecule has 2 aromatic heterocycles. The van der Waals surface area contributed by atoms with Gasteiger partial charge in [0.1, 0.15) is 5.75 Å². The van der Waals surface area contributed by atoms with Gasteiger partial charge in [-0.25, -0.2) is 4.98 Å². The normalized spacial score (nSPS) is 10.7. The number of Topliss-reactive ketones (excluding diaryl/α,β-unsaturated/α-hetero) is 1. The summed E-state index contributed by atoms with van der Waals surface area (Å²) in [5.74, 6) is 0.00896. The van der Waals surface area contributed by atoms with Crippen molar-refractivity contribution in [2.24, 2.45) is 0 Å². The Hall–Kier alpha value is -2.71. The summed E-state index contributed by atoms with van der Waals surface area (Å²) in [6, 6.07) is 5.64. The topological polar surface area (TPSA) is 87.3 Å². The zero-order chi connectivity index (χ0) is 18.8. The van der Waals surface area contributed by atoms with Crippen molar-refractivity contribution in [1.82, 2.24) is 9.55 Å². The third kappa shape index (κ3) is 3.47. The van der Waals surface area contributed by atoms with Crippen molar-refractivity contribution in [3.8, 4) is 10.9 Å². The first kappa shape index (κ1) is 18.1. The Morgan fingerprint density at radius 3 is 2.77 bits per heavy atom. The molecule has 0 N–H and O–H groups in total. The van der Waals surface area contributed by atoms with Crippen LogP contribution in [0.2, 0.25) is 5.02 Å². The van der Waals surface area contributed by atoms with E-state index in [1.807, 2.05) is 23.8 Å². The zero-order valence-corrected chi connectivity index (χ0v) is 15.5. The van der Waals surface area contributed by atoms with Crippen LogP contribution in [0.15, 0.2) is 35.8 Å². The summed E-state index contributed by atoms with van der Waals surface area (Å²) >= 11 is 7.46. The van der Waals surface area contributed by atoms with Crippen LogP contribution in [0.1, 0.15) is 21.7 Å². The van der Waals surface area contributed by atoms with Crippen molar-refractivity contribution >= 4 is 34.4 Å². The first-order valence-electron chi connectivity index (χ1n) is 7.57. The Morgan fingerprint density at radius 2 is 2.15 bits per heavy atom. The third-order valence-corrected chi connectivity index (χ3v) is 4.88. The Kier molecular flexibility index (Phi) is 5.06. The number of carbonyl (C=O) groups is 1. The molecule has 0 spiro atoms. The lowest BCUT2D eigenvalue weighted by molar-refractivity contribution is -0.384. The van der Waals surface area contributed by atoms with Gasteiger partial charge in [-0.2, -0.15) is 0 Å². The number of rotatable bonds is 6. The van der Waals surface area contributed by atoms with E-state index in [2.05, 4.69) is 4.98 Å². The number of halogens is 1. The maximum atomic E-state index is 12.6. The van der Waals surface area contributed by atoms with Crippen LogP contribution in [0.3, 0.4) is 0 Å². The highest BCUT2D eigenvalue weighted by atomic mass is 35.5. The molecule has 0 atom stereocenters. The summed E-state index contributed by atoms with van der Waals surface area (Å²) in [6.45, 7) is 3.53. The highest BCUT2D eigenvalue weighted by molar-refractivity contribution is 7.12. The predicted octanol–water partition coefficient (Wildman–Crippen LogP) is 4.37. The number of hydrogen-bond donors (Lipinski definition) is 0. The number of ketones is 1. The molecule has 7 nitrogen and oxygen atoms in total. The molecule has 0 amide bonds. The van der Waals surface area contributed by atoms with Gasteiger partial charge in [0, 0.05) is 40.7 Å². The number of nitrogens with zero attached hydrogens (tertiary/aromatic N) is 3. The molecule has 134 valence electrons. The SMILES string of the molecule is Cc1cc(C(=O)COc2ccc([N+](=O)[O-])cc2Cl)c(C)n1-c1nccs1. The van der Waals surface area contributed by atoms with Gasteiger partial charge in [0.15, 0.2) is 11.7 Å². The summed E-state index contributed by atoms with van der Waals surface area (Å²) in [5, 5.41) is 13.5. The molecule has 3 rings (SSSR count). The largest absolute Gasteiger partial charge is 0.484 e. The van der Waals surface area contributed by atoms with Crippen LogP contribution >= 0.6 is 22.9 Å². The molecule has 0 unspecified atom stereocenters. The molecule has 0 fully saturated rings. The number of hydrogen-bond acceptors (Lipinski definition) is 6. The first-order chi connectivity index (χ1) is 12.4. The van der Waals surface area contributed by atoms with E-state index in [0.717, 1.165) is 16.5 Å². The van der Waals surface area contributed by atoms with E-state index in [1.54, 1.807) is 12.3 Å². The Morgan fingerprint density at radius 1 is 1.38 bits per heavy atom. The van der Waals surface area contributed by atoms with E-state index >= 15 is 0 Å². The van der Waals surface area contributed by atoms with E-state index in [-0.39, 0.29) is 28.8 Å².